The van der Waals surface area contributed by atoms with Crippen LogP contribution in [0.15, 0.2) is 0 Å². The number of piperidine rings is 1. The average molecular weight is 249 g/mol. The predicted octanol–water partition coefficient (Wildman–Crippen LogP) is 1.21. The summed E-state index contributed by atoms with van der Waals surface area (Å²) in [4.78, 5) is 0. The molecule has 0 saturated carbocycles. The third-order valence-electron chi connectivity index (χ3n) is 3.40. The second-order valence-electron chi connectivity index (χ2n) is 4.67. The molecule has 1 unspecified atom stereocenters. The van der Waals surface area contributed by atoms with Crippen LogP contribution < -0.4 is 0 Å². The van der Waals surface area contributed by atoms with Crippen LogP contribution in [0.4, 0.5) is 0 Å². The molecule has 0 radical (unpaired) electrons. The largest absolute Gasteiger partial charge is 0.395 e. The average Bonchev–Trinajstić information content (AvgIpc) is 2.29. The third kappa shape index (κ3) is 3.18. The summed E-state index contributed by atoms with van der Waals surface area (Å²) < 4.78 is 25.4. The van der Waals surface area contributed by atoms with Gasteiger partial charge in [0, 0.05) is 13.1 Å². The SMILES string of the molecule is CCCC1CCN(S(=O)(=O)C(C)CO)CC1. The molecular weight excluding hydrogens is 226 g/mol. The maximum Gasteiger partial charge on any atom is 0.218 e. The molecule has 1 atom stereocenters. The molecule has 1 fully saturated rings. The fourth-order valence-electron chi connectivity index (χ4n) is 2.21. The number of nitrogens with zero attached hydrogens (tertiary/aromatic N) is 1. The summed E-state index contributed by atoms with van der Waals surface area (Å²) in [6, 6.07) is 0. The van der Waals surface area contributed by atoms with Gasteiger partial charge >= 0.3 is 0 Å². The molecule has 0 aromatic carbocycles. The summed E-state index contributed by atoms with van der Waals surface area (Å²) in [6.45, 7) is 4.68. The molecule has 1 saturated heterocycles. The van der Waals surface area contributed by atoms with E-state index in [-0.39, 0.29) is 6.61 Å². The van der Waals surface area contributed by atoms with E-state index in [4.69, 9.17) is 5.11 Å². The van der Waals surface area contributed by atoms with Crippen molar-refractivity contribution in [2.75, 3.05) is 19.7 Å². The maximum atomic E-state index is 11.9. The Kier molecular flexibility index (Phi) is 5.21. The van der Waals surface area contributed by atoms with Crippen molar-refractivity contribution < 1.29 is 13.5 Å². The van der Waals surface area contributed by atoms with Crippen molar-refractivity contribution in [3.05, 3.63) is 0 Å². The van der Waals surface area contributed by atoms with Gasteiger partial charge in [0.05, 0.1) is 11.9 Å². The Hall–Kier alpha value is -0.130. The van der Waals surface area contributed by atoms with Gasteiger partial charge in [-0.1, -0.05) is 19.8 Å². The summed E-state index contributed by atoms with van der Waals surface area (Å²) in [7, 11) is -3.27. The fraction of sp³-hybridized carbons (Fsp3) is 1.00. The van der Waals surface area contributed by atoms with E-state index >= 15 is 0 Å². The Morgan fingerprint density at radius 1 is 1.38 bits per heavy atom. The first kappa shape index (κ1) is 13.9. The molecule has 4 nitrogen and oxygen atoms in total. The lowest BCUT2D eigenvalue weighted by molar-refractivity contribution is 0.251. The van der Waals surface area contributed by atoms with E-state index in [2.05, 4.69) is 6.92 Å². The van der Waals surface area contributed by atoms with Crippen molar-refractivity contribution >= 4 is 10.0 Å². The fourth-order valence-corrected chi connectivity index (χ4v) is 3.63. The summed E-state index contributed by atoms with van der Waals surface area (Å²) in [5.41, 5.74) is 0. The van der Waals surface area contributed by atoms with Gasteiger partial charge in [-0.2, -0.15) is 0 Å². The number of hydrogen-bond donors (Lipinski definition) is 1. The summed E-state index contributed by atoms with van der Waals surface area (Å²) in [5.74, 6) is 0.681. The Morgan fingerprint density at radius 2 is 1.94 bits per heavy atom. The molecule has 96 valence electrons. The highest BCUT2D eigenvalue weighted by Gasteiger charge is 2.31. The first-order valence-electron chi connectivity index (χ1n) is 6.12. The van der Waals surface area contributed by atoms with Crippen molar-refractivity contribution in [1.29, 1.82) is 0 Å². The van der Waals surface area contributed by atoms with Gasteiger partial charge in [0.1, 0.15) is 0 Å². The van der Waals surface area contributed by atoms with Crippen LogP contribution in [0.5, 0.6) is 0 Å². The molecule has 0 aliphatic carbocycles. The second-order valence-corrected chi connectivity index (χ2v) is 7.02. The quantitative estimate of drug-likeness (QED) is 0.796. The minimum Gasteiger partial charge on any atom is -0.395 e. The molecule has 0 aromatic heterocycles. The molecule has 1 aliphatic heterocycles. The minimum atomic E-state index is -3.27. The van der Waals surface area contributed by atoms with Gasteiger partial charge in [-0.25, -0.2) is 12.7 Å². The number of aliphatic hydroxyl groups is 1. The summed E-state index contributed by atoms with van der Waals surface area (Å²) in [5, 5.41) is 8.26. The van der Waals surface area contributed by atoms with Crippen molar-refractivity contribution in [1.82, 2.24) is 4.31 Å². The highest BCUT2D eigenvalue weighted by atomic mass is 32.2. The lowest BCUT2D eigenvalue weighted by Crippen LogP contribution is -2.43. The van der Waals surface area contributed by atoms with E-state index in [1.807, 2.05) is 0 Å². The number of hydrogen-bond acceptors (Lipinski definition) is 3. The van der Waals surface area contributed by atoms with Crippen LogP contribution in [-0.2, 0) is 10.0 Å². The van der Waals surface area contributed by atoms with Crippen molar-refractivity contribution in [2.45, 2.75) is 44.8 Å². The lowest BCUT2D eigenvalue weighted by Gasteiger charge is -2.32. The zero-order valence-corrected chi connectivity index (χ0v) is 11.0. The van der Waals surface area contributed by atoms with Gasteiger partial charge in [0.15, 0.2) is 0 Å². The van der Waals surface area contributed by atoms with E-state index in [1.165, 1.54) is 12.8 Å². The van der Waals surface area contributed by atoms with E-state index in [0.29, 0.717) is 19.0 Å². The Balaban J connectivity index is 2.53. The number of aliphatic hydroxyl groups excluding tert-OH is 1. The van der Waals surface area contributed by atoms with E-state index in [1.54, 1.807) is 11.2 Å². The molecule has 0 aromatic rings. The molecule has 1 aliphatic rings. The molecule has 1 N–H and O–H groups in total. The van der Waals surface area contributed by atoms with Crippen LogP contribution in [0.3, 0.4) is 0 Å². The Morgan fingerprint density at radius 3 is 2.38 bits per heavy atom. The Bertz CT molecular complexity index is 294. The third-order valence-corrected chi connectivity index (χ3v) is 5.65. The molecule has 16 heavy (non-hydrogen) atoms. The molecule has 0 spiro atoms. The second kappa shape index (κ2) is 5.98. The lowest BCUT2D eigenvalue weighted by atomic mass is 9.94. The normalized spacial score (nSPS) is 22.2. The van der Waals surface area contributed by atoms with Crippen LogP contribution in [0.25, 0.3) is 0 Å². The highest BCUT2D eigenvalue weighted by molar-refractivity contribution is 7.89. The molecule has 5 heteroatoms. The topological polar surface area (TPSA) is 57.6 Å². The van der Waals surface area contributed by atoms with Gasteiger partial charge in [-0.05, 0) is 25.7 Å². The van der Waals surface area contributed by atoms with Crippen molar-refractivity contribution in [3.63, 3.8) is 0 Å². The van der Waals surface area contributed by atoms with E-state index in [0.717, 1.165) is 12.8 Å². The number of sulfonamides is 1. The zero-order chi connectivity index (χ0) is 12.2. The molecule has 1 heterocycles. The van der Waals surface area contributed by atoms with Crippen LogP contribution in [0.1, 0.15) is 39.5 Å². The molecule has 1 rings (SSSR count). The van der Waals surface area contributed by atoms with Crippen molar-refractivity contribution in [3.8, 4) is 0 Å². The summed E-state index contributed by atoms with van der Waals surface area (Å²) >= 11 is 0. The molecule has 0 bridgehead atoms. The maximum absolute atomic E-state index is 11.9. The molecule has 0 amide bonds. The smallest absolute Gasteiger partial charge is 0.218 e. The van der Waals surface area contributed by atoms with Crippen LogP contribution in [0.2, 0.25) is 0 Å². The zero-order valence-electron chi connectivity index (χ0n) is 10.2. The van der Waals surface area contributed by atoms with E-state index in [9.17, 15) is 8.42 Å². The van der Waals surface area contributed by atoms with Gasteiger partial charge in [-0.15, -0.1) is 0 Å². The van der Waals surface area contributed by atoms with Gasteiger partial charge in [0.2, 0.25) is 10.0 Å². The van der Waals surface area contributed by atoms with E-state index < -0.39 is 15.3 Å². The van der Waals surface area contributed by atoms with Gasteiger partial charge in [0.25, 0.3) is 0 Å². The standard InChI is InChI=1S/C11H23NO3S/c1-3-4-11-5-7-12(8-6-11)16(14,15)10(2)9-13/h10-11,13H,3-9H2,1-2H3. The van der Waals surface area contributed by atoms with Crippen LogP contribution in [-0.4, -0.2) is 42.8 Å². The first-order chi connectivity index (χ1) is 7.52. The Labute approximate surface area is 98.7 Å². The monoisotopic (exact) mass is 249 g/mol. The predicted molar refractivity (Wildman–Crippen MR) is 64.7 cm³/mol. The van der Waals surface area contributed by atoms with Gasteiger partial charge in [-0.3, -0.25) is 0 Å². The minimum absolute atomic E-state index is 0.294. The molecular formula is C11H23NO3S. The van der Waals surface area contributed by atoms with Crippen LogP contribution in [0, 0.1) is 5.92 Å². The van der Waals surface area contributed by atoms with Crippen LogP contribution >= 0.6 is 0 Å². The van der Waals surface area contributed by atoms with Crippen molar-refractivity contribution in [2.24, 2.45) is 5.92 Å². The highest BCUT2D eigenvalue weighted by Crippen LogP contribution is 2.24. The van der Waals surface area contributed by atoms with Gasteiger partial charge < -0.3 is 5.11 Å². The number of rotatable bonds is 5. The first-order valence-corrected chi connectivity index (χ1v) is 7.62. The summed E-state index contributed by atoms with van der Waals surface area (Å²) in [6.07, 6.45) is 4.30.